The molecule has 0 aromatic rings. The third-order valence-corrected chi connectivity index (χ3v) is 8.54. The first-order chi connectivity index (χ1) is 12.4. The third kappa shape index (κ3) is 1.78. The van der Waals surface area contributed by atoms with E-state index in [0.29, 0.717) is 24.8 Å². The highest BCUT2D eigenvalue weighted by molar-refractivity contribution is 5.79. The van der Waals surface area contributed by atoms with Crippen LogP contribution in [-0.2, 0) is 9.59 Å². The van der Waals surface area contributed by atoms with E-state index in [1.807, 2.05) is 0 Å². The Morgan fingerprint density at radius 1 is 1.24 bits per heavy atom. The van der Waals surface area contributed by atoms with Gasteiger partial charge >= 0.3 is 11.9 Å². The fourth-order valence-electron chi connectivity index (χ4n) is 7.76. The summed E-state index contributed by atoms with van der Waals surface area (Å²) < 4.78 is 15.6. The van der Waals surface area contributed by atoms with E-state index in [1.54, 1.807) is 6.92 Å². The smallest absolute Gasteiger partial charge is 0.309 e. The summed E-state index contributed by atoms with van der Waals surface area (Å²) in [4.78, 5) is 24.8. The van der Waals surface area contributed by atoms with Crippen LogP contribution in [0, 0.1) is 34.0 Å². The van der Waals surface area contributed by atoms with E-state index in [1.165, 1.54) is 0 Å². The first-order valence-electron chi connectivity index (χ1n) is 10.3. The number of hydrogen-bond acceptors (Lipinski definition) is 3. The standard InChI is InChI=1S/C20H28O5/c1-11-9-19-10-20(11,25)8-5-12(19)17(2)6-4-7-18(3,16(23)24)14(17)13(19)15(21)22/h12-14,25H,1,4-10H2,2-3H3,(H,21,22)(H,23,24)/t12-,13+,14-,17-,18+,19-,20-/m0/s1/i1D2. The summed E-state index contributed by atoms with van der Waals surface area (Å²) in [7, 11) is 0. The second kappa shape index (κ2) is 4.67. The summed E-state index contributed by atoms with van der Waals surface area (Å²) in [5.41, 5.74) is -3.24. The minimum absolute atomic E-state index is 0.00722. The molecule has 4 aliphatic rings. The van der Waals surface area contributed by atoms with Crippen molar-refractivity contribution in [2.24, 2.45) is 34.0 Å². The Morgan fingerprint density at radius 3 is 2.56 bits per heavy atom. The summed E-state index contributed by atoms with van der Waals surface area (Å²) in [6.45, 7) is 3.33. The van der Waals surface area contributed by atoms with Crippen LogP contribution < -0.4 is 0 Å². The average Bonchev–Trinajstić information content (AvgIpc) is 2.92. The number of hydrogen-bond donors (Lipinski definition) is 3. The Kier molecular flexibility index (Phi) is 2.76. The molecule has 0 saturated heterocycles. The van der Waals surface area contributed by atoms with Crippen molar-refractivity contribution in [3.63, 3.8) is 0 Å². The molecule has 4 fully saturated rings. The van der Waals surface area contributed by atoms with Crippen LogP contribution in [0.5, 0.6) is 0 Å². The molecule has 4 aliphatic carbocycles. The minimum atomic E-state index is -1.29. The normalized spacial score (nSPS) is 55.0. The van der Waals surface area contributed by atoms with E-state index in [-0.39, 0.29) is 18.8 Å². The number of rotatable bonds is 2. The summed E-state index contributed by atoms with van der Waals surface area (Å²) in [5.74, 6) is -3.33. The molecule has 0 radical (unpaired) electrons. The van der Waals surface area contributed by atoms with E-state index >= 15 is 0 Å². The zero-order valence-electron chi connectivity index (χ0n) is 16.8. The monoisotopic (exact) mass is 350 g/mol. The SMILES string of the molecule is [2H]C([2H])=C1C[C@]23C[C@@]1(O)CC[C@H]2[C@]1(C)CCC[C@@](C)(C(=O)O)[C@H]1[C@@H]3C(=O)O. The first-order valence-corrected chi connectivity index (χ1v) is 9.28. The second-order valence-corrected chi connectivity index (χ2v) is 9.56. The van der Waals surface area contributed by atoms with Gasteiger partial charge in [0.25, 0.3) is 0 Å². The largest absolute Gasteiger partial charge is 0.481 e. The molecule has 5 heteroatoms. The van der Waals surface area contributed by atoms with Gasteiger partial charge in [-0.05, 0) is 73.7 Å². The Bertz CT molecular complexity index is 761. The van der Waals surface area contributed by atoms with Crippen molar-refractivity contribution in [1.29, 1.82) is 0 Å². The van der Waals surface area contributed by atoms with Crippen LogP contribution in [-0.4, -0.2) is 32.9 Å². The summed E-state index contributed by atoms with van der Waals surface area (Å²) in [6.07, 6.45) is 3.53. The molecule has 25 heavy (non-hydrogen) atoms. The number of carbonyl (C=O) groups is 2. The Balaban J connectivity index is 1.95. The van der Waals surface area contributed by atoms with Gasteiger partial charge in [0, 0.05) is 0 Å². The van der Waals surface area contributed by atoms with Gasteiger partial charge < -0.3 is 15.3 Å². The predicted molar refractivity (Wildman–Crippen MR) is 90.8 cm³/mol. The lowest BCUT2D eigenvalue weighted by atomic mass is 9.53. The van der Waals surface area contributed by atoms with Crippen LogP contribution in [0.15, 0.2) is 12.1 Å². The number of carboxylic acid groups (broad SMARTS) is 2. The van der Waals surface area contributed by atoms with Crippen LogP contribution in [0.2, 0.25) is 0 Å². The lowest BCUT2D eigenvalue weighted by molar-refractivity contribution is -0.166. The molecule has 0 aromatic heterocycles. The molecule has 0 heterocycles. The molecular formula is C20H28O5. The maximum absolute atomic E-state index is 12.5. The van der Waals surface area contributed by atoms with Gasteiger partial charge in [0.15, 0.2) is 0 Å². The summed E-state index contributed by atoms with van der Waals surface area (Å²) >= 11 is 0. The van der Waals surface area contributed by atoms with Crippen LogP contribution in [0.25, 0.3) is 0 Å². The lowest BCUT2D eigenvalue weighted by Gasteiger charge is -2.50. The number of fused-ring (bicyclic) bond motifs is 3. The van der Waals surface area contributed by atoms with Crippen molar-refractivity contribution in [3.05, 3.63) is 12.1 Å². The highest BCUT2D eigenvalue weighted by Crippen LogP contribution is 2.78. The van der Waals surface area contributed by atoms with Gasteiger partial charge in [0.2, 0.25) is 0 Å². The van der Waals surface area contributed by atoms with Crippen LogP contribution >= 0.6 is 0 Å². The molecule has 1 spiro atoms. The molecule has 7 atom stereocenters. The summed E-state index contributed by atoms with van der Waals surface area (Å²) in [6, 6.07) is 0. The van der Waals surface area contributed by atoms with Gasteiger partial charge in [-0.25, -0.2) is 0 Å². The topological polar surface area (TPSA) is 94.8 Å². The van der Waals surface area contributed by atoms with E-state index < -0.39 is 52.2 Å². The fraction of sp³-hybridized carbons (Fsp3) is 0.800. The number of aliphatic carboxylic acids is 2. The van der Waals surface area contributed by atoms with Gasteiger partial charge in [0.1, 0.15) is 0 Å². The molecule has 4 rings (SSSR count). The molecule has 138 valence electrons. The highest BCUT2D eigenvalue weighted by Gasteiger charge is 2.76. The van der Waals surface area contributed by atoms with Gasteiger partial charge in [0.05, 0.1) is 19.7 Å². The lowest BCUT2D eigenvalue weighted by Crippen LogP contribution is -2.50. The van der Waals surface area contributed by atoms with E-state index in [0.717, 1.165) is 12.8 Å². The third-order valence-electron chi connectivity index (χ3n) is 8.54. The maximum atomic E-state index is 12.5. The molecule has 0 amide bonds. The minimum Gasteiger partial charge on any atom is -0.481 e. The molecule has 0 unspecified atom stereocenters. The maximum Gasteiger partial charge on any atom is 0.309 e. The van der Waals surface area contributed by atoms with Crippen molar-refractivity contribution < 1.29 is 27.7 Å². The van der Waals surface area contributed by atoms with Gasteiger partial charge in [-0.3, -0.25) is 9.59 Å². The van der Waals surface area contributed by atoms with Crippen molar-refractivity contribution in [2.45, 2.75) is 64.4 Å². The van der Waals surface area contributed by atoms with E-state index in [4.69, 9.17) is 2.74 Å². The number of carboxylic acids is 2. The Morgan fingerprint density at radius 2 is 1.96 bits per heavy atom. The van der Waals surface area contributed by atoms with Crippen LogP contribution in [0.3, 0.4) is 0 Å². The molecule has 0 aromatic carbocycles. The fourth-order valence-corrected chi connectivity index (χ4v) is 7.76. The van der Waals surface area contributed by atoms with Crippen molar-refractivity contribution in [2.75, 3.05) is 0 Å². The Labute approximate surface area is 150 Å². The highest BCUT2D eigenvalue weighted by atomic mass is 16.4. The Hall–Kier alpha value is -1.36. The zero-order valence-corrected chi connectivity index (χ0v) is 14.8. The van der Waals surface area contributed by atoms with Crippen molar-refractivity contribution >= 4 is 11.9 Å². The molecule has 4 saturated carbocycles. The summed E-state index contributed by atoms with van der Waals surface area (Å²) in [5, 5.41) is 31.4. The van der Waals surface area contributed by atoms with Crippen LogP contribution in [0.4, 0.5) is 0 Å². The zero-order chi connectivity index (χ0) is 20.0. The molecule has 2 bridgehead atoms. The van der Waals surface area contributed by atoms with Gasteiger partial charge in [-0.2, -0.15) is 0 Å². The van der Waals surface area contributed by atoms with E-state index in [2.05, 4.69) is 6.92 Å². The van der Waals surface area contributed by atoms with Crippen molar-refractivity contribution in [1.82, 2.24) is 0 Å². The second-order valence-electron chi connectivity index (χ2n) is 9.56. The predicted octanol–water partition coefficient (Wildman–Crippen LogP) is 3.08. The van der Waals surface area contributed by atoms with Crippen molar-refractivity contribution in [3.8, 4) is 0 Å². The van der Waals surface area contributed by atoms with E-state index in [9.17, 15) is 24.9 Å². The van der Waals surface area contributed by atoms with Gasteiger partial charge in [-0.15, -0.1) is 0 Å². The molecular weight excluding hydrogens is 320 g/mol. The quantitative estimate of drug-likeness (QED) is 0.665. The average molecular weight is 350 g/mol. The molecule has 0 aliphatic heterocycles. The molecule has 3 N–H and O–H groups in total. The van der Waals surface area contributed by atoms with Crippen LogP contribution in [0.1, 0.15) is 61.5 Å². The number of aliphatic hydroxyl groups is 1. The van der Waals surface area contributed by atoms with Gasteiger partial charge in [-0.1, -0.05) is 19.9 Å². The molecule has 5 nitrogen and oxygen atoms in total. The first kappa shape index (κ1) is 14.8.